The Morgan fingerprint density at radius 1 is 1.53 bits per heavy atom. The molecule has 17 heavy (non-hydrogen) atoms. The van der Waals surface area contributed by atoms with Crippen LogP contribution in [0.1, 0.15) is 23.8 Å². The third-order valence-electron chi connectivity index (χ3n) is 3.07. The van der Waals surface area contributed by atoms with Crippen LogP contribution in [-0.4, -0.2) is 39.2 Å². The molecule has 1 aliphatic rings. The van der Waals surface area contributed by atoms with Crippen molar-refractivity contribution in [1.29, 1.82) is 0 Å². The largest absolute Gasteiger partial charge is 0.388 e. The topological polar surface area (TPSA) is 45.5 Å². The number of carbonyl (C=O) groups is 1. The van der Waals surface area contributed by atoms with Crippen molar-refractivity contribution in [1.82, 2.24) is 9.47 Å². The molecule has 1 aromatic rings. The SMILES string of the molecule is Cn1c(C(=O)N2CCC(C)(O)C2)cc(Cl)c1Cl. The van der Waals surface area contributed by atoms with E-state index in [9.17, 15) is 9.90 Å². The van der Waals surface area contributed by atoms with Crippen molar-refractivity contribution in [2.24, 2.45) is 7.05 Å². The van der Waals surface area contributed by atoms with E-state index in [1.807, 2.05) is 0 Å². The van der Waals surface area contributed by atoms with Gasteiger partial charge in [0.05, 0.1) is 10.6 Å². The van der Waals surface area contributed by atoms with Gasteiger partial charge in [-0.15, -0.1) is 0 Å². The Hall–Kier alpha value is -0.710. The summed E-state index contributed by atoms with van der Waals surface area (Å²) in [5, 5.41) is 10.5. The Labute approximate surface area is 110 Å². The smallest absolute Gasteiger partial charge is 0.270 e. The van der Waals surface area contributed by atoms with Crippen LogP contribution in [0.15, 0.2) is 6.07 Å². The van der Waals surface area contributed by atoms with Crippen LogP contribution in [0.3, 0.4) is 0 Å². The molecule has 0 aromatic carbocycles. The van der Waals surface area contributed by atoms with E-state index in [0.717, 1.165) is 0 Å². The summed E-state index contributed by atoms with van der Waals surface area (Å²) in [4.78, 5) is 13.8. The maximum atomic E-state index is 12.2. The molecule has 1 aromatic heterocycles. The Morgan fingerprint density at radius 2 is 2.18 bits per heavy atom. The molecule has 1 N–H and O–H groups in total. The number of likely N-dealkylation sites (tertiary alicyclic amines) is 1. The summed E-state index contributed by atoms with van der Waals surface area (Å²) in [6.45, 7) is 2.61. The highest BCUT2D eigenvalue weighted by molar-refractivity contribution is 6.41. The second-order valence-electron chi connectivity index (χ2n) is 4.70. The van der Waals surface area contributed by atoms with Gasteiger partial charge in [0.2, 0.25) is 0 Å². The molecule has 1 aliphatic heterocycles. The molecule has 0 aliphatic carbocycles. The van der Waals surface area contributed by atoms with Crippen molar-refractivity contribution >= 4 is 29.1 Å². The third kappa shape index (κ3) is 2.30. The number of hydrogen-bond acceptors (Lipinski definition) is 2. The molecule has 0 bridgehead atoms. The first-order valence-corrected chi connectivity index (χ1v) is 6.10. The van der Waals surface area contributed by atoms with Crippen molar-refractivity contribution in [3.8, 4) is 0 Å². The Morgan fingerprint density at radius 3 is 2.59 bits per heavy atom. The molecule has 1 atom stereocenters. The first-order chi connectivity index (χ1) is 7.82. The summed E-state index contributed by atoms with van der Waals surface area (Å²) in [6, 6.07) is 1.55. The zero-order valence-corrected chi connectivity index (χ0v) is 11.2. The van der Waals surface area contributed by atoms with E-state index in [2.05, 4.69) is 0 Å². The number of hydrogen-bond donors (Lipinski definition) is 1. The molecular weight excluding hydrogens is 263 g/mol. The van der Waals surface area contributed by atoms with Gasteiger partial charge in [0.1, 0.15) is 10.8 Å². The van der Waals surface area contributed by atoms with E-state index in [4.69, 9.17) is 23.2 Å². The fourth-order valence-corrected chi connectivity index (χ4v) is 2.40. The number of rotatable bonds is 1. The van der Waals surface area contributed by atoms with Crippen molar-refractivity contribution < 1.29 is 9.90 Å². The third-order valence-corrected chi connectivity index (χ3v) is 3.92. The molecule has 1 saturated heterocycles. The Bertz CT molecular complexity index is 468. The van der Waals surface area contributed by atoms with E-state index < -0.39 is 5.60 Å². The van der Waals surface area contributed by atoms with Crippen LogP contribution in [0.5, 0.6) is 0 Å². The van der Waals surface area contributed by atoms with Crippen molar-refractivity contribution in [2.75, 3.05) is 13.1 Å². The predicted octanol–water partition coefficient (Wildman–Crippen LogP) is 1.93. The number of aliphatic hydroxyl groups is 1. The lowest BCUT2D eigenvalue weighted by atomic mass is 10.1. The summed E-state index contributed by atoms with van der Waals surface area (Å²) in [5.41, 5.74) is -0.355. The molecule has 94 valence electrons. The van der Waals surface area contributed by atoms with Gasteiger partial charge >= 0.3 is 0 Å². The molecule has 0 spiro atoms. The lowest BCUT2D eigenvalue weighted by Crippen LogP contribution is -2.34. The van der Waals surface area contributed by atoms with Crippen LogP contribution < -0.4 is 0 Å². The van der Waals surface area contributed by atoms with Gasteiger partial charge in [-0.1, -0.05) is 23.2 Å². The predicted molar refractivity (Wildman–Crippen MR) is 66.6 cm³/mol. The molecule has 4 nitrogen and oxygen atoms in total. The minimum Gasteiger partial charge on any atom is -0.388 e. The minimum absolute atomic E-state index is 0.154. The Balaban J connectivity index is 2.24. The van der Waals surface area contributed by atoms with Gasteiger partial charge in [-0.25, -0.2) is 0 Å². The molecule has 1 fully saturated rings. The van der Waals surface area contributed by atoms with Crippen LogP contribution in [-0.2, 0) is 7.05 Å². The molecule has 0 saturated carbocycles. The molecule has 0 radical (unpaired) electrons. The molecule has 2 heterocycles. The number of amides is 1. The quantitative estimate of drug-likeness (QED) is 0.852. The van der Waals surface area contributed by atoms with Crippen LogP contribution >= 0.6 is 23.2 Å². The maximum absolute atomic E-state index is 12.2. The second-order valence-corrected chi connectivity index (χ2v) is 5.47. The van der Waals surface area contributed by atoms with Crippen LogP contribution in [0.2, 0.25) is 10.2 Å². The number of carbonyl (C=O) groups excluding carboxylic acids is 1. The van der Waals surface area contributed by atoms with E-state index >= 15 is 0 Å². The highest BCUT2D eigenvalue weighted by Crippen LogP contribution is 2.28. The van der Waals surface area contributed by atoms with Gasteiger partial charge in [-0.05, 0) is 19.4 Å². The highest BCUT2D eigenvalue weighted by atomic mass is 35.5. The van der Waals surface area contributed by atoms with Crippen LogP contribution in [0, 0.1) is 0 Å². The summed E-state index contributed by atoms with van der Waals surface area (Å²) in [7, 11) is 1.69. The number of halogens is 2. The van der Waals surface area contributed by atoms with Crippen LogP contribution in [0.4, 0.5) is 0 Å². The zero-order valence-electron chi connectivity index (χ0n) is 9.70. The monoisotopic (exact) mass is 276 g/mol. The van der Waals surface area contributed by atoms with Crippen molar-refractivity contribution in [2.45, 2.75) is 18.9 Å². The lowest BCUT2D eigenvalue weighted by Gasteiger charge is -2.19. The molecular formula is C11H14Cl2N2O2. The van der Waals surface area contributed by atoms with Gasteiger partial charge in [-0.2, -0.15) is 0 Å². The number of β-amino-alcohol motifs (C(OH)–C–C–N with tert-alkyl or cyclic N) is 1. The summed E-state index contributed by atoms with van der Waals surface area (Å²) in [6.07, 6.45) is 0.588. The van der Waals surface area contributed by atoms with Gasteiger partial charge < -0.3 is 14.6 Å². The fraction of sp³-hybridized carbons (Fsp3) is 0.545. The molecule has 1 unspecified atom stereocenters. The summed E-state index contributed by atoms with van der Waals surface area (Å²) >= 11 is 11.8. The van der Waals surface area contributed by atoms with Gasteiger partial charge in [-0.3, -0.25) is 4.79 Å². The summed E-state index contributed by atoms with van der Waals surface area (Å²) in [5.74, 6) is -0.154. The zero-order chi connectivity index (χ0) is 12.8. The fourth-order valence-electron chi connectivity index (χ4n) is 2.03. The Kier molecular flexibility index (Phi) is 3.14. The van der Waals surface area contributed by atoms with E-state index in [0.29, 0.717) is 35.4 Å². The number of nitrogens with zero attached hydrogens (tertiary/aromatic N) is 2. The van der Waals surface area contributed by atoms with E-state index in [1.165, 1.54) is 0 Å². The molecule has 2 rings (SSSR count). The summed E-state index contributed by atoms with van der Waals surface area (Å²) < 4.78 is 1.55. The van der Waals surface area contributed by atoms with Crippen LogP contribution in [0.25, 0.3) is 0 Å². The molecule has 6 heteroatoms. The highest BCUT2D eigenvalue weighted by Gasteiger charge is 2.35. The average molecular weight is 277 g/mol. The van der Waals surface area contributed by atoms with Gasteiger partial charge in [0.15, 0.2) is 0 Å². The second kappa shape index (κ2) is 4.19. The minimum atomic E-state index is -0.797. The normalized spacial score (nSPS) is 24.4. The van der Waals surface area contributed by atoms with E-state index in [1.54, 1.807) is 29.5 Å². The first kappa shape index (κ1) is 12.7. The van der Waals surface area contributed by atoms with Crippen molar-refractivity contribution in [3.05, 3.63) is 21.9 Å². The first-order valence-electron chi connectivity index (χ1n) is 5.34. The standard InChI is InChI=1S/C11H14Cl2N2O2/c1-11(17)3-4-15(6-11)10(16)8-5-7(12)9(13)14(8)2/h5,17H,3-4,6H2,1-2H3. The van der Waals surface area contributed by atoms with E-state index in [-0.39, 0.29) is 5.91 Å². The molecule has 1 amide bonds. The number of aromatic nitrogens is 1. The maximum Gasteiger partial charge on any atom is 0.270 e. The van der Waals surface area contributed by atoms with Gasteiger partial charge in [0, 0.05) is 20.1 Å². The average Bonchev–Trinajstić information content (AvgIpc) is 2.73. The van der Waals surface area contributed by atoms with Gasteiger partial charge in [0.25, 0.3) is 5.91 Å². The lowest BCUT2D eigenvalue weighted by molar-refractivity contribution is 0.0567. The van der Waals surface area contributed by atoms with Crippen molar-refractivity contribution in [3.63, 3.8) is 0 Å².